The molecule has 0 saturated carbocycles. The van der Waals surface area contributed by atoms with Gasteiger partial charge in [0.2, 0.25) is 0 Å². The molecule has 2 heterocycles. The van der Waals surface area contributed by atoms with Crippen LogP contribution < -0.4 is 0 Å². The molecule has 9 heteroatoms. The van der Waals surface area contributed by atoms with Gasteiger partial charge in [0.15, 0.2) is 0 Å². The van der Waals surface area contributed by atoms with Gasteiger partial charge < -0.3 is 10.0 Å². The average molecular weight is 404 g/mol. The minimum absolute atomic E-state index is 0.00247. The Bertz CT molecular complexity index is 877. The summed E-state index contributed by atoms with van der Waals surface area (Å²) in [6.45, 7) is 7.99. The number of piperazine rings is 1. The number of aromatic nitrogens is 1. The Kier molecular flexibility index (Phi) is 5.78. The number of aliphatic hydroxyl groups is 1. The van der Waals surface area contributed by atoms with Gasteiger partial charge in [-0.3, -0.25) is 19.8 Å². The van der Waals surface area contributed by atoms with E-state index in [4.69, 9.17) is 0 Å². The second-order valence-corrected chi connectivity index (χ2v) is 8.59. The molecule has 1 amide bonds. The summed E-state index contributed by atoms with van der Waals surface area (Å²) in [5, 5.41) is 23.3. The number of benzene rings is 1. The number of β-amino-alcohol motifs (C(OH)–C–C–N with tert-alkyl or cyclic N) is 1. The SMILES string of the molecule is C[C@@H]1CN(C(=O)c2csc(-c3cccc([N+](=O)[O-])c3)n2)CCN1CC(C)(C)O. The second kappa shape index (κ2) is 7.94. The highest BCUT2D eigenvalue weighted by Crippen LogP contribution is 2.27. The zero-order valence-corrected chi connectivity index (χ0v) is 17.0. The predicted molar refractivity (Wildman–Crippen MR) is 107 cm³/mol. The Morgan fingerprint density at radius 1 is 1.43 bits per heavy atom. The first-order chi connectivity index (χ1) is 13.1. The maximum Gasteiger partial charge on any atom is 0.273 e. The van der Waals surface area contributed by atoms with Crippen molar-refractivity contribution in [2.24, 2.45) is 0 Å². The third-order valence-electron chi connectivity index (χ3n) is 4.67. The first-order valence-corrected chi connectivity index (χ1v) is 9.98. The Labute approximate surface area is 167 Å². The van der Waals surface area contributed by atoms with E-state index in [-0.39, 0.29) is 17.6 Å². The first kappa shape index (κ1) is 20.4. The van der Waals surface area contributed by atoms with Gasteiger partial charge in [0, 0.05) is 55.3 Å². The fourth-order valence-electron chi connectivity index (χ4n) is 3.33. The van der Waals surface area contributed by atoms with E-state index < -0.39 is 10.5 Å². The lowest BCUT2D eigenvalue weighted by Crippen LogP contribution is -2.56. The Morgan fingerprint density at radius 2 is 2.18 bits per heavy atom. The molecule has 28 heavy (non-hydrogen) atoms. The molecule has 1 aromatic heterocycles. The average Bonchev–Trinajstić information content (AvgIpc) is 3.12. The fraction of sp³-hybridized carbons (Fsp3) is 0.474. The molecule has 1 atom stereocenters. The Morgan fingerprint density at radius 3 is 2.82 bits per heavy atom. The van der Waals surface area contributed by atoms with E-state index in [0.29, 0.717) is 42.4 Å². The highest BCUT2D eigenvalue weighted by Gasteiger charge is 2.31. The minimum Gasteiger partial charge on any atom is -0.389 e. The van der Waals surface area contributed by atoms with Crippen molar-refractivity contribution in [3.63, 3.8) is 0 Å². The van der Waals surface area contributed by atoms with Crippen LogP contribution in [0.1, 0.15) is 31.3 Å². The van der Waals surface area contributed by atoms with Gasteiger partial charge in [0.25, 0.3) is 11.6 Å². The molecule has 1 aromatic carbocycles. The van der Waals surface area contributed by atoms with Crippen LogP contribution in [0.5, 0.6) is 0 Å². The maximum absolute atomic E-state index is 12.9. The van der Waals surface area contributed by atoms with Crippen LogP contribution in [0, 0.1) is 10.1 Å². The van der Waals surface area contributed by atoms with Gasteiger partial charge >= 0.3 is 0 Å². The Balaban J connectivity index is 1.70. The lowest BCUT2D eigenvalue weighted by Gasteiger charge is -2.41. The van der Waals surface area contributed by atoms with Gasteiger partial charge in [0.05, 0.1) is 10.5 Å². The molecule has 0 spiro atoms. The van der Waals surface area contributed by atoms with Crippen LogP contribution in [0.15, 0.2) is 29.6 Å². The monoisotopic (exact) mass is 404 g/mol. The van der Waals surface area contributed by atoms with Crippen LogP contribution in [0.2, 0.25) is 0 Å². The van der Waals surface area contributed by atoms with Crippen molar-refractivity contribution in [1.29, 1.82) is 0 Å². The topological polar surface area (TPSA) is 99.8 Å². The minimum atomic E-state index is -0.775. The number of nitrogens with zero attached hydrogens (tertiary/aromatic N) is 4. The summed E-state index contributed by atoms with van der Waals surface area (Å²) in [6, 6.07) is 6.39. The number of thiazole rings is 1. The molecule has 3 rings (SSSR count). The summed E-state index contributed by atoms with van der Waals surface area (Å²) in [5.41, 5.74) is 0.205. The molecule has 8 nitrogen and oxygen atoms in total. The summed E-state index contributed by atoms with van der Waals surface area (Å²) >= 11 is 1.30. The second-order valence-electron chi connectivity index (χ2n) is 7.73. The van der Waals surface area contributed by atoms with Crippen LogP contribution in [0.3, 0.4) is 0 Å². The normalized spacial score (nSPS) is 18.3. The molecule has 150 valence electrons. The lowest BCUT2D eigenvalue weighted by atomic mass is 10.1. The van der Waals surface area contributed by atoms with Gasteiger partial charge in [0.1, 0.15) is 10.7 Å². The molecule has 1 saturated heterocycles. The number of carbonyl (C=O) groups is 1. The third kappa shape index (κ3) is 4.73. The standard InChI is InChI=1S/C19H24N4O4S/c1-13-10-21(7-8-22(13)12-19(2,3)25)18(24)16-11-28-17(20-16)14-5-4-6-15(9-14)23(26)27/h4-6,9,11,13,25H,7-8,10,12H2,1-3H3/t13-/m1/s1. The number of nitro benzene ring substituents is 1. The molecular weight excluding hydrogens is 380 g/mol. The Hall–Kier alpha value is -2.36. The maximum atomic E-state index is 12.9. The largest absolute Gasteiger partial charge is 0.389 e. The van der Waals surface area contributed by atoms with Crippen LogP contribution in [-0.2, 0) is 0 Å². The van der Waals surface area contributed by atoms with Crippen LogP contribution in [0.4, 0.5) is 5.69 Å². The van der Waals surface area contributed by atoms with Gasteiger partial charge in [-0.15, -0.1) is 11.3 Å². The number of non-ortho nitro benzene ring substituents is 1. The van der Waals surface area contributed by atoms with E-state index in [2.05, 4.69) is 9.88 Å². The number of rotatable bonds is 5. The number of carbonyl (C=O) groups excluding carboxylic acids is 1. The van der Waals surface area contributed by atoms with Gasteiger partial charge in [-0.05, 0) is 20.8 Å². The highest BCUT2D eigenvalue weighted by molar-refractivity contribution is 7.13. The number of hydrogen-bond donors (Lipinski definition) is 1. The van der Waals surface area contributed by atoms with E-state index >= 15 is 0 Å². The number of hydrogen-bond acceptors (Lipinski definition) is 7. The number of amides is 1. The van der Waals surface area contributed by atoms with Gasteiger partial charge in [-0.2, -0.15) is 0 Å². The molecule has 0 bridgehead atoms. The van der Waals surface area contributed by atoms with Crippen molar-refractivity contribution >= 4 is 22.9 Å². The van der Waals surface area contributed by atoms with Gasteiger partial charge in [-0.25, -0.2) is 4.98 Å². The van der Waals surface area contributed by atoms with Crippen LogP contribution in [0.25, 0.3) is 10.6 Å². The van der Waals surface area contributed by atoms with E-state index in [9.17, 15) is 20.0 Å². The zero-order chi connectivity index (χ0) is 20.5. The molecular formula is C19H24N4O4S. The third-order valence-corrected chi connectivity index (χ3v) is 5.56. The van der Waals surface area contributed by atoms with E-state index in [1.807, 2.05) is 6.92 Å². The molecule has 0 radical (unpaired) electrons. The quantitative estimate of drug-likeness (QED) is 0.607. The summed E-state index contributed by atoms with van der Waals surface area (Å²) < 4.78 is 0. The molecule has 2 aromatic rings. The molecule has 1 N–H and O–H groups in total. The molecule has 1 aliphatic rings. The fourth-order valence-corrected chi connectivity index (χ4v) is 4.12. The zero-order valence-electron chi connectivity index (χ0n) is 16.2. The summed E-state index contributed by atoms with van der Waals surface area (Å²) in [6.07, 6.45) is 0. The molecule has 0 aliphatic carbocycles. The first-order valence-electron chi connectivity index (χ1n) is 9.10. The van der Waals surface area contributed by atoms with Crippen molar-refractivity contribution < 1.29 is 14.8 Å². The lowest BCUT2D eigenvalue weighted by molar-refractivity contribution is -0.384. The summed E-state index contributed by atoms with van der Waals surface area (Å²) in [4.78, 5) is 31.7. The molecule has 1 aliphatic heterocycles. The summed E-state index contributed by atoms with van der Waals surface area (Å²) in [5.74, 6) is -0.136. The highest BCUT2D eigenvalue weighted by atomic mass is 32.1. The molecule has 1 fully saturated rings. The van der Waals surface area contributed by atoms with Crippen molar-refractivity contribution in [3.05, 3.63) is 45.5 Å². The predicted octanol–water partition coefficient (Wildman–Crippen LogP) is 2.64. The van der Waals surface area contributed by atoms with Crippen molar-refractivity contribution in [1.82, 2.24) is 14.8 Å². The van der Waals surface area contributed by atoms with E-state index in [0.717, 1.165) is 0 Å². The van der Waals surface area contributed by atoms with Crippen molar-refractivity contribution in [2.45, 2.75) is 32.4 Å². The van der Waals surface area contributed by atoms with Gasteiger partial charge in [-0.1, -0.05) is 12.1 Å². The van der Waals surface area contributed by atoms with Crippen LogP contribution >= 0.6 is 11.3 Å². The van der Waals surface area contributed by atoms with E-state index in [1.165, 1.54) is 23.5 Å². The number of nitro groups is 1. The van der Waals surface area contributed by atoms with Crippen molar-refractivity contribution in [2.75, 3.05) is 26.2 Å². The molecule has 0 unspecified atom stereocenters. The van der Waals surface area contributed by atoms with Crippen LogP contribution in [-0.4, -0.2) is 68.5 Å². The van der Waals surface area contributed by atoms with E-state index in [1.54, 1.807) is 36.3 Å². The van der Waals surface area contributed by atoms with Crippen molar-refractivity contribution in [3.8, 4) is 10.6 Å². The summed E-state index contributed by atoms with van der Waals surface area (Å²) in [7, 11) is 0. The smallest absolute Gasteiger partial charge is 0.273 e.